The summed E-state index contributed by atoms with van der Waals surface area (Å²) in [7, 11) is 0. The van der Waals surface area contributed by atoms with Crippen molar-refractivity contribution in [2.45, 2.75) is 83.7 Å². The van der Waals surface area contributed by atoms with Crippen LogP contribution in [-0.2, 0) is 0 Å². The lowest BCUT2D eigenvalue weighted by atomic mass is 9.77. The Morgan fingerprint density at radius 1 is 1.00 bits per heavy atom. The van der Waals surface area contributed by atoms with Gasteiger partial charge in [-0.15, -0.1) is 0 Å². The molecule has 0 amide bonds. The quantitative estimate of drug-likeness (QED) is 0.761. The average molecular weight is 293 g/mol. The summed E-state index contributed by atoms with van der Waals surface area (Å²) < 4.78 is 0. The smallest absolute Gasteiger partial charge is 0.0198 e. The van der Waals surface area contributed by atoms with E-state index in [2.05, 4.69) is 24.1 Å². The molecule has 3 aliphatic rings. The zero-order valence-electron chi connectivity index (χ0n) is 14.3. The van der Waals surface area contributed by atoms with Crippen LogP contribution in [0.2, 0.25) is 0 Å². The molecule has 3 atom stereocenters. The highest BCUT2D eigenvalue weighted by Gasteiger charge is 2.35. The van der Waals surface area contributed by atoms with E-state index in [4.69, 9.17) is 0 Å². The molecule has 1 saturated heterocycles. The molecule has 3 rings (SSSR count). The minimum absolute atomic E-state index is 0.762. The molecule has 21 heavy (non-hydrogen) atoms. The molecule has 0 aromatic rings. The first-order chi connectivity index (χ1) is 10.3. The summed E-state index contributed by atoms with van der Waals surface area (Å²) in [6.07, 6.45) is 13.0. The first kappa shape index (κ1) is 15.8. The second kappa shape index (κ2) is 7.46. The number of nitrogens with zero attached hydrogens (tertiary/aromatic N) is 1. The molecule has 1 heterocycles. The predicted octanol–water partition coefficient (Wildman–Crippen LogP) is 4.06. The molecule has 0 radical (unpaired) electrons. The van der Waals surface area contributed by atoms with Crippen LogP contribution in [0.5, 0.6) is 0 Å². The topological polar surface area (TPSA) is 15.3 Å². The Hall–Kier alpha value is -0.0800. The van der Waals surface area contributed by atoms with E-state index in [0.29, 0.717) is 0 Å². The normalized spacial score (nSPS) is 33.4. The van der Waals surface area contributed by atoms with Gasteiger partial charge in [-0.25, -0.2) is 0 Å². The van der Waals surface area contributed by atoms with Gasteiger partial charge in [0.2, 0.25) is 0 Å². The molecule has 0 aromatic carbocycles. The zero-order valence-corrected chi connectivity index (χ0v) is 14.3. The molecule has 1 aliphatic heterocycles. The van der Waals surface area contributed by atoms with Crippen molar-refractivity contribution in [2.24, 2.45) is 17.8 Å². The van der Waals surface area contributed by atoms with Gasteiger partial charge in [0.1, 0.15) is 0 Å². The van der Waals surface area contributed by atoms with Crippen molar-refractivity contribution in [3.8, 4) is 0 Å². The third-order valence-corrected chi connectivity index (χ3v) is 6.64. The zero-order chi connectivity index (χ0) is 14.7. The van der Waals surface area contributed by atoms with Crippen LogP contribution in [0, 0.1) is 17.8 Å². The Labute approximate surface area is 132 Å². The number of likely N-dealkylation sites (tertiary alicyclic amines) is 1. The van der Waals surface area contributed by atoms with Crippen LogP contribution in [0.4, 0.5) is 0 Å². The van der Waals surface area contributed by atoms with Crippen LogP contribution >= 0.6 is 0 Å². The van der Waals surface area contributed by atoms with Gasteiger partial charge in [0, 0.05) is 25.2 Å². The molecule has 0 spiro atoms. The highest BCUT2D eigenvalue weighted by molar-refractivity contribution is 4.91. The lowest BCUT2D eigenvalue weighted by Crippen LogP contribution is -2.55. The lowest BCUT2D eigenvalue weighted by molar-refractivity contribution is 0.0378. The number of hydrogen-bond acceptors (Lipinski definition) is 2. The fraction of sp³-hybridized carbons (Fsp3) is 1.00. The molecule has 2 aliphatic carbocycles. The Morgan fingerprint density at radius 2 is 1.76 bits per heavy atom. The number of nitrogens with one attached hydrogen (secondary N) is 1. The van der Waals surface area contributed by atoms with Crippen LogP contribution in [-0.4, -0.2) is 36.6 Å². The summed E-state index contributed by atoms with van der Waals surface area (Å²) in [5.74, 6) is 2.93. The Balaban J connectivity index is 1.54. The van der Waals surface area contributed by atoms with Gasteiger partial charge in [-0.2, -0.15) is 0 Å². The largest absolute Gasteiger partial charge is 0.312 e. The molecule has 3 fully saturated rings. The first-order valence-electron chi connectivity index (χ1n) is 9.77. The maximum Gasteiger partial charge on any atom is 0.0198 e. The number of piperidine rings is 1. The van der Waals surface area contributed by atoms with Gasteiger partial charge in [-0.05, 0) is 62.8 Å². The van der Waals surface area contributed by atoms with Gasteiger partial charge in [-0.1, -0.05) is 33.1 Å². The summed E-state index contributed by atoms with van der Waals surface area (Å²) in [5.41, 5.74) is 0. The number of rotatable bonds is 7. The lowest BCUT2D eigenvalue weighted by Gasteiger charge is -2.47. The number of hydrogen-bond donors (Lipinski definition) is 1. The van der Waals surface area contributed by atoms with Crippen molar-refractivity contribution in [1.82, 2.24) is 10.2 Å². The van der Waals surface area contributed by atoms with Gasteiger partial charge in [0.15, 0.2) is 0 Å². The summed E-state index contributed by atoms with van der Waals surface area (Å²) >= 11 is 0. The van der Waals surface area contributed by atoms with E-state index in [1.165, 1.54) is 77.4 Å². The van der Waals surface area contributed by atoms with E-state index >= 15 is 0 Å². The van der Waals surface area contributed by atoms with Crippen LogP contribution in [0.3, 0.4) is 0 Å². The maximum absolute atomic E-state index is 3.93. The van der Waals surface area contributed by atoms with Crippen molar-refractivity contribution in [1.29, 1.82) is 0 Å². The van der Waals surface area contributed by atoms with E-state index in [1.54, 1.807) is 0 Å². The van der Waals surface area contributed by atoms with E-state index in [-0.39, 0.29) is 0 Å². The SMILES string of the molecule is CCC1CC(NCC2CCC2)CN(C(CC)C2CCC2)C1. The summed E-state index contributed by atoms with van der Waals surface area (Å²) in [5, 5.41) is 3.93. The summed E-state index contributed by atoms with van der Waals surface area (Å²) in [6, 6.07) is 1.64. The van der Waals surface area contributed by atoms with Crippen LogP contribution < -0.4 is 5.32 Å². The minimum Gasteiger partial charge on any atom is -0.312 e. The second-order valence-electron chi connectivity index (χ2n) is 8.03. The molecule has 122 valence electrons. The molecular weight excluding hydrogens is 256 g/mol. The Morgan fingerprint density at radius 3 is 2.29 bits per heavy atom. The standard InChI is InChI=1S/C19H36N2/c1-3-15-11-18(20-12-16-7-5-8-16)14-21(13-15)19(4-2)17-9-6-10-17/h15-20H,3-14H2,1-2H3. The molecule has 3 unspecified atom stereocenters. The van der Waals surface area contributed by atoms with Crippen LogP contribution in [0.1, 0.15) is 71.6 Å². The fourth-order valence-corrected chi connectivity index (χ4v) is 4.70. The molecular formula is C19H36N2. The van der Waals surface area contributed by atoms with Crippen molar-refractivity contribution < 1.29 is 0 Å². The van der Waals surface area contributed by atoms with Gasteiger partial charge in [0.25, 0.3) is 0 Å². The van der Waals surface area contributed by atoms with Crippen LogP contribution in [0.15, 0.2) is 0 Å². The van der Waals surface area contributed by atoms with E-state index in [9.17, 15) is 0 Å². The van der Waals surface area contributed by atoms with E-state index in [1.807, 2.05) is 0 Å². The molecule has 2 nitrogen and oxygen atoms in total. The summed E-state index contributed by atoms with van der Waals surface area (Å²) in [4.78, 5) is 2.87. The summed E-state index contributed by atoms with van der Waals surface area (Å²) in [6.45, 7) is 8.78. The third kappa shape index (κ3) is 3.82. The highest BCUT2D eigenvalue weighted by Crippen LogP contribution is 2.36. The van der Waals surface area contributed by atoms with E-state index in [0.717, 1.165) is 29.8 Å². The Bertz CT molecular complexity index is 309. The van der Waals surface area contributed by atoms with Crippen molar-refractivity contribution >= 4 is 0 Å². The third-order valence-electron chi connectivity index (χ3n) is 6.64. The van der Waals surface area contributed by atoms with Crippen molar-refractivity contribution in [3.63, 3.8) is 0 Å². The van der Waals surface area contributed by atoms with Crippen molar-refractivity contribution in [2.75, 3.05) is 19.6 Å². The molecule has 0 aromatic heterocycles. The monoisotopic (exact) mass is 292 g/mol. The van der Waals surface area contributed by atoms with Gasteiger partial charge in [-0.3, -0.25) is 4.90 Å². The molecule has 1 N–H and O–H groups in total. The highest BCUT2D eigenvalue weighted by atomic mass is 15.2. The predicted molar refractivity (Wildman–Crippen MR) is 90.5 cm³/mol. The minimum atomic E-state index is 0.762. The van der Waals surface area contributed by atoms with Crippen LogP contribution in [0.25, 0.3) is 0 Å². The average Bonchev–Trinajstić information content (AvgIpc) is 2.40. The fourth-order valence-electron chi connectivity index (χ4n) is 4.70. The van der Waals surface area contributed by atoms with Crippen molar-refractivity contribution in [3.05, 3.63) is 0 Å². The molecule has 2 saturated carbocycles. The van der Waals surface area contributed by atoms with Gasteiger partial charge < -0.3 is 5.32 Å². The van der Waals surface area contributed by atoms with Gasteiger partial charge >= 0.3 is 0 Å². The molecule has 0 bridgehead atoms. The first-order valence-corrected chi connectivity index (χ1v) is 9.77. The second-order valence-corrected chi connectivity index (χ2v) is 8.03. The maximum atomic E-state index is 3.93. The van der Waals surface area contributed by atoms with E-state index < -0.39 is 0 Å². The molecule has 2 heteroatoms. The Kier molecular flexibility index (Phi) is 5.61. The van der Waals surface area contributed by atoms with Gasteiger partial charge in [0.05, 0.1) is 0 Å².